The summed E-state index contributed by atoms with van der Waals surface area (Å²) in [6, 6.07) is 7.04. The van der Waals surface area contributed by atoms with Gasteiger partial charge in [-0.2, -0.15) is 0 Å². The van der Waals surface area contributed by atoms with E-state index in [-0.39, 0.29) is 11.8 Å². The molecule has 0 aliphatic carbocycles. The number of aliphatic carboxylic acids is 1. The van der Waals surface area contributed by atoms with E-state index in [0.717, 1.165) is 5.56 Å². The highest BCUT2D eigenvalue weighted by Crippen LogP contribution is 2.21. The fourth-order valence-electron chi connectivity index (χ4n) is 3.04. The van der Waals surface area contributed by atoms with Crippen LogP contribution in [0.4, 0.5) is 5.69 Å². The molecule has 1 aromatic rings. The Balaban J connectivity index is 1.50. The van der Waals surface area contributed by atoms with Crippen molar-refractivity contribution in [3.63, 3.8) is 0 Å². The molecule has 0 unspecified atom stereocenters. The predicted octanol–water partition coefficient (Wildman–Crippen LogP) is 0.659. The zero-order valence-electron chi connectivity index (χ0n) is 14.3. The second kappa shape index (κ2) is 8.29. The van der Waals surface area contributed by atoms with Crippen LogP contribution in [0.3, 0.4) is 0 Å². The first-order chi connectivity index (χ1) is 12.5. The molecule has 0 aromatic heterocycles. The van der Waals surface area contributed by atoms with Crippen molar-refractivity contribution in [2.24, 2.45) is 0 Å². The molecule has 8 nitrogen and oxygen atoms in total. The van der Waals surface area contributed by atoms with Crippen LogP contribution in [0.15, 0.2) is 24.3 Å². The summed E-state index contributed by atoms with van der Waals surface area (Å²) in [5.41, 5.74) is 1.45. The van der Waals surface area contributed by atoms with Crippen LogP contribution in [0.5, 0.6) is 0 Å². The monoisotopic (exact) mass is 362 g/mol. The molecule has 8 heteroatoms. The summed E-state index contributed by atoms with van der Waals surface area (Å²) in [5.74, 6) is -1.34. The number of nitrogens with one attached hydrogen (secondary N) is 1. The standard InChI is InChI=1S/C18H22N2O6/c21-16(20-7-9-25-10-8-20)11-12-1-3-13(4-2-12)19-17(22)14-5-6-15(26-14)18(23)24/h1-4,14-15H,5-11H2,(H,19,22)(H,23,24)/t14-,15+/m0/s1. The van der Waals surface area contributed by atoms with Crippen molar-refractivity contribution in [1.82, 2.24) is 4.90 Å². The molecule has 2 saturated heterocycles. The van der Waals surface area contributed by atoms with E-state index in [4.69, 9.17) is 14.6 Å². The van der Waals surface area contributed by atoms with Crippen LogP contribution < -0.4 is 5.32 Å². The van der Waals surface area contributed by atoms with E-state index in [1.807, 2.05) is 0 Å². The van der Waals surface area contributed by atoms with Crippen LogP contribution in [0, 0.1) is 0 Å². The minimum Gasteiger partial charge on any atom is -0.479 e. The number of hydrogen-bond acceptors (Lipinski definition) is 5. The highest BCUT2D eigenvalue weighted by atomic mass is 16.5. The third-order valence-corrected chi connectivity index (χ3v) is 4.53. The van der Waals surface area contributed by atoms with E-state index in [0.29, 0.717) is 51.3 Å². The van der Waals surface area contributed by atoms with Crippen LogP contribution in [0.1, 0.15) is 18.4 Å². The first kappa shape index (κ1) is 18.3. The summed E-state index contributed by atoms with van der Waals surface area (Å²) in [6.07, 6.45) is -0.649. The second-order valence-corrected chi connectivity index (χ2v) is 6.39. The summed E-state index contributed by atoms with van der Waals surface area (Å²) in [5, 5.41) is 11.6. The number of benzene rings is 1. The van der Waals surface area contributed by atoms with Crippen LogP contribution in [0.25, 0.3) is 0 Å². The molecule has 0 spiro atoms. The zero-order chi connectivity index (χ0) is 18.5. The number of morpholine rings is 1. The molecule has 26 heavy (non-hydrogen) atoms. The Bertz CT molecular complexity index is 669. The van der Waals surface area contributed by atoms with Gasteiger partial charge in [0.2, 0.25) is 5.91 Å². The van der Waals surface area contributed by atoms with Gasteiger partial charge in [0.05, 0.1) is 19.6 Å². The SMILES string of the molecule is O=C(Nc1ccc(CC(=O)N2CCOCC2)cc1)[C@@H]1CC[C@H](C(=O)O)O1. The maximum absolute atomic E-state index is 12.2. The van der Waals surface area contributed by atoms with Crippen molar-refractivity contribution in [3.8, 4) is 0 Å². The Kier molecular flexibility index (Phi) is 5.85. The highest BCUT2D eigenvalue weighted by Gasteiger charge is 2.34. The van der Waals surface area contributed by atoms with Crippen molar-refractivity contribution >= 4 is 23.5 Å². The molecule has 140 valence electrons. The quantitative estimate of drug-likeness (QED) is 0.797. The van der Waals surface area contributed by atoms with Gasteiger partial charge in [-0.15, -0.1) is 0 Å². The molecular weight excluding hydrogens is 340 g/mol. The molecule has 0 radical (unpaired) electrons. The summed E-state index contributed by atoms with van der Waals surface area (Å²) in [4.78, 5) is 37.0. The first-order valence-electron chi connectivity index (χ1n) is 8.66. The van der Waals surface area contributed by atoms with E-state index in [1.54, 1.807) is 29.2 Å². The minimum absolute atomic E-state index is 0.0594. The first-order valence-corrected chi connectivity index (χ1v) is 8.66. The molecular formula is C18H22N2O6. The minimum atomic E-state index is -1.05. The van der Waals surface area contributed by atoms with Crippen molar-refractivity contribution in [1.29, 1.82) is 0 Å². The summed E-state index contributed by atoms with van der Waals surface area (Å²) in [7, 11) is 0. The Morgan fingerprint density at radius 2 is 1.73 bits per heavy atom. The molecule has 1 aromatic carbocycles. The Labute approximate surface area is 151 Å². The normalized spacial score (nSPS) is 22.8. The van der Waals surface area contributed by atoms with Gasteiger partial charge in [0.15, 0.2) is 6.10 Å². The Morgan fingerprint density at radius 1 is 1.08 bits per heavy atom. The van der Waals surface area contributed by atoms with Crippen LogP contribution in [-0.4, -0.2) is 66.3 Å². The molecule has 3 rings (SSSR count). The van der Waals surface area contributed by atoms with E-state index in [2.05, 4.69) is 5.32 Å². The van der Waals surface area contributed by atoms with Gasteiger partial charge in [-0.3, -0.25) is 9.59 Å². The second-order valence-electron chi connectivity index (χ2n) is 6.39. The summed E-state index contributed by atoms with van der Waals surface area (Å²) in [6.45, 7) is 2.38. The largest absolute Gasteiger partial charge is 0.479 e. The lowest BCUT2D eigenvalue weighted by molar-refractivity contribution is -0.150. The van der Waals surface area contributed by atoms with Gasteiger partial charge < -0.3 is 24.8 Å². The molecule has 0 saturated carbocycles. The number of rotatable bonds is 5. The predicted molar refractivity (Wildman–Crippen MR) is 91.7 cm³/mol. The van der Waals surface area contributed by atoms with E-state index < -0.39 is 18.2 Å². The molecule has 2 aliphatic heterocycles. The van der Waals surface area contributed by atoms with E-state index in [9.17, 15) is 14.4 Å². The molecule has 2 N–H and O–H groups in total. The zero-order valence-corrected chi connectivity index (χ0v) is 14.3. The van der Waals surface area contributed by atoms with Gasteiger partial charge >= 0.3 is 5.97 Å². The van der Waals surface area contributed by atoms with Gasteiger partial charge in [0.1, 0.15) is 6.10 Å². The van der Waals surface area contributed by atoms with Gasteiger partial charge in [-0.25, -0.2) is 4.79 Å². The number of carbonyl (C=O) groups is 3. The van der Waals surface area contributed by atoms with Gasteiger partial charge in [0, 0.05) is 18.8 Å². The van der Waals surface area contributed by atoms with E-state index >= 15 is 0 Å². The van der Waals surface area contributed by atoms with Crippen molar-refractivity contribution in [3.05, 3.63) is 29.8 Å². The molecule has 2 aliphatic rings. The molecule has 0 bridgehead atoms. The fourth-order valence-corrected chi connectivity index (χ4v) is 3.04. The van der Waals surface area contributed by atoms with Crippen molar-refractivity contribution in [2.75, 3.05) is 31.6 Å². The molecule has 2 fully saturated rings. The van der Waals surface area contributed by atoms with Crippen molar-refractivity contribution in [2.45, 2.75) is 31.5 Å². The lowest BCUT2D eigenvalue weighted by Gasteiger charge is -2.26. The molecule has 2 heterocycles. The smallest absolute Gasteiger partial charge is 0.332 e. The van der Waals surface area contributed by atoms with Crippen molar-refractivity contribution < 1.29 is 29.0 Å². The maximum Gasteiger partial charge on any atom is 0.332 e. The number of carbonyl (C=O) groups excluding carboxylic acids is 2. The average Bonchev–Trinajstić information content (AvgIpc) is 3.15. The third-order valence-electron chi connectivity index (χ3n) is 4.53. The number of hydrogen-bond donors (Lipinski definition) is 2. The van der Waals surface area contributed by atoms with Crippen LogP contribution in [-0.2, 0) is 30.3 Å². The molecule has 2 atom stereocenters. The lowest BCUT2D eigenvalue weighted by Crippen LogP contribution is -2.41. The number of carboxylic acids is 1. The van der Waals surface area contributed by atoms with Crippen LogP contribution in [0.2, 0.25) is 0 Å². The number of ether oxygens (including phenoxy) is 2. The van der Waals surface area contributed by atoms with Gasteiger partial charge in [-0.05, 0) is 30.5 Å². The lowest BCUT2D eigenvalue weighted by atomic mass is 10.1. The number of carboxylic acid groups (broad SMARTS) is 1. The topological polar surface area (TPSA) is 105 Å². The number of amides is 2. The fraction of sp³-hybridized carbons (Fsp3) is 0.500. The van der Waals surface area contributed by atoms with Gasteiger partial charge in [-0.1, -0.05) is 12.1 Å². The summed E-state index contributed by atoms with van der Waals surface area (Å²) >= 11 is 0. The van der Waals surface area contributed by atoms with Crippen LogP contribution >= 0.6 is 0 Å². The third kappa shape index (κ3) is 4.59. The Morgan fingerprint density at radius 3 is 2.35 bits per heavy atom. The van der Waals surface area contributed by atoms with E-state index in [1.165, 1.54) is 0 Å². The van der Waals surface area contributed by atoms with Gasteiger partial charge in [0.25, 0.3) is 5.91 Å². The Hall–Kier alpha value is -2.45. The average molecular weight is 362 g/mol. The number of nitrogens with zero attached hydrogens (tertiary/aromatic N) is 1. The molecule has 2 amide bonds. The number of anilines is 1. The maximum atomic E-state index is 12.2. The summed E-state index contributed by atoms with van der Waals surface area (Å²) < 4.78 is 10.5. The highest BCUT2D eigenvalue weighted by molar-refractivity contribution is 5.94.